The van der Waals surface area contributed by atoms with Crippen LogP contribution in [0.4, 0.5) is 0 Å². The van der Waals surface area contributed by atoms with Crippen molar-refractivity contribution in [2.24, 2.45) is 10.8 Å². The van der Waals surface area contributed by atoms with Gasteiger partial charge in [-0.1, -0.05) is 42.5 Å². The first-order valence-electron chi connectivity index (χ1n) is 20.9. The summed E-state index contributed by atoms with van der Waals surface area (Å²) in [5, 5.41) is 7.46. The molecule has 0 aromatic rings. The number of ether oxygens (including phenoxy) is 3. The van der Waals surface area contributed by atoms with Crippen LogP contribution in [0.1, 0.15) is 219 Å². The number of rotatable bonds is 5. The molecule has 2 saturated carbocycles. The first-order valence-corrected chi connectivity index (χ1v) is 20.9. The van der Waals surface area contributed by atoms with E-state index in [-0.39, 0.29) is 53.6 Å². The molecule has 2 saturated heterocycles. The average molecular weight is 754 g/mol. The lowest BCUT2D eigenvalue weighted by Crippen LogP contribution is -2.75. The Morgan fingerprint density at radius 3 is 1.15 bits per heavy atom. The summed E-state index contributed by atoms with van der Waals surface area (Å²) in [4.78, 5) is 2.75. The van der Waals surface area contributed by atoms with Crippen molar-refractivity contribution in [2.45, 2.75) is 294 Å². The van der Waals surface area contributed by atoms with Crippen molar-refractivity contribution in [3.05, 3.63) is 0 Å². The molecule has 2 aliphatic heterocycles. The lowest BCUT2D eigenvalue weighted by Gasteiger charge is -2.66. The predicted octanol–water partition coefficient (Wildman–Crippen LogP) is 12.4. The minimum Gasteiger partial charge on any atom is -0.373 e. The molecule has 6 heteroatoms. The van der Waals surface area contributed by atoms with Crippen LogP contribution >= 0.6 is 0 Å². The average Bonchev–Trinajstić information content (AvgIpc) is 3.16. The summed E-state index contributed by atoms with van der Waals surface area (Å²) < 4.78 is 18.5. The van der Waals surface area contributed by atoms with Gasteiger partial charge in [-0.05, 0) is 176 Å². The second-order valence-corrected chi connectivity index (χ2v) is 24.0. The molecule has 2 bridgehead atoms. The van der Waals surface area contributed by atoms with Crippen molar-refractivity contribution in [3.63, 3.8) is 0 Å². The highest BCUT2D eigenvalue weighted by Gasteiger charge is 2.63. The molecule has 53 heavy (non-hydrogen) atoms. The number of fused-ring (bicyclic) bond motifs is 2. The van der Waals surface area contributed by atoms with Crippen LogP contribution in [0, 0.1) is 10.8 Å². The Balaban J connectivity index is 0.000000752. The summed E-state index contributed by atoms with van der Waals surface area (Å²) in [6.07, 6.45) is 11.3. The van der Waals surface area contributed by atoms with Crippen LogP contribution < -0.4 is 10.6 Å². The number of hydrogen-bond donors (Lipinski definition) is 2. The smallest absolute Gasteiger partial charge is 0.0714 e. The summed E-state index contributed by atoms with van der Waals surface area (Å²) in [5.74, 6) is 0. The monoisotopic (exact) mass is 754 g/mol. The fourth-order valence-corrected chi connectivity index (χ4v) is 9.84. The van der Waals surface area contributed by atoms with Gasteiger partial charge in [0, 0.05) is 51.6 Å². The van der Waals surface area contributed by atoms with E-state index < -0.39 is 0 Å². The van der Waals surface area contributed by atoms with Crippen LogP contribution in [0.3, 0.4) is 0 Å². The van der Waals surface area contributed by atoms with Gasteiger partial charge in [-0.15, -0.1) is 0 Å². The second kappa shape index (κ2) is 18.6. The molecule has 4 rings (SSSR count). The van der Waals surface area contributed by atoms with Gasteiger partial charge in [-0.3, -0.25) is 4.90 Å². The third-order valence-corrected chi connectivity index (χ3v) is 10.7. The molecular weight excluding hydrogens is 655 g/mol. The summed E-state index contributed by atoms with van der Waals surface area (Å²) in [7, 11) is 0. The van der Waals surface area contributed by atoms with E-state index in [4.69, 9.17) is 14.2 Å². The van der Waals surface area contributed by atoms with Crippen molar-refractivity contribution < 1.29 is 14.2 Å². The van der Waals surface area contributed by atoms with Gasteiger partial charge >= 0.3 is 0 Å². The van der Waals surface area contributed by atoms with Crippen LogP contribution in [-0.2, 0) is 14.2 Å². The zero-order valence-electron chi connectivity index (χ0n) is 38.4. The lowest BCUT2D eigenvalue weighted by atomic mass is 9.49. The molecule has 0 aromatic heterocycles. The standard InChI is InChI=1S/C16H33NO.C15H29NO.C14H29NO.2CH4/c1-13(2,3)17-11-15(7,8)12(16(11,9)10)18-14(4,5)6;1-14(2,3)16-11-7-8-12(16)10-13(9-11)17-15(4,5)6;1-13(2,3)15-11-7-9-12(10-8-11)16-14(4,5)6;;/h11-12,17H,1-10H3;11-13H,7-10H2,1-6H3;11-12,15H,7-10H2,1-6H3;2*1H4/t;11-,12+,13?;;;. The maximum Gasteiger partial charge on any atom is 0.0714 e. The molecule has 4 fully saturated rings. The molecule has 2 aliphatic carbocycles. The zero-order chi connectivity index (χ0) is 39.8. The van der Waals surface area contributed by atoms with Crippen LogP contribution in [-0.4, -0.2) is 80.8 Å². The molecule has 6 nitrogen and oxygen atoms in total. The van der Waals surface area contributed by atoms with Gasteiger partial charge in [0.2, 0.25) is 0 Å². The molecule has 320 valence electrons. The Hall–Kier alpha value is -0.240. The minimum atomic E-state index is -0.0775. The van der Waals surface area contributed by atoms with Gasteiger partial charge in [0.15, 0.2) is 0 Å². The fourth-order valence-electron chi connectivity index (χ4n) is 9.84. The van der Waals surface area contributed by atoms with Gasteiger partial charge in [0.25, 0.3) is 0 Å². The Bertz CT molecular complexity index is 968. The van der Waals surface area contributed by atoms with E-state index in [0.29, 0.717) is 35.9 Å². The normalized spacial score (nSPS) is 30.3. The first-order chi connectivity index (χ1) is 22.5. The van der Waals surface area contributed by atoms with Crippen LogP contribution in [0.5, 0.6) is 0 Å². The van der Waals surface area contributed by atoms with Crippen molar-refractivity contribution in [2.75, 3.05) is 0 Å². The topological polar surface area (TPSA) is 55.0 Å². The summed E-state index contributed by atoms with van der Waals surface area (Å²) in [6.45, 7) is 49.1. The molecule has 0 aromatic carbocycles. The largest absolute Gasteiger partial charge is 0.373 e. The quantitative estimate of drug-likeness (QED) is 0.292. The van der Waals surface area contributed by atoms with Crippen LogP contribution in [0.25, 0.3) is 0 Å². The van der Waals surface area contributed by atoms with E-state index in [1.807, 2.05) is 0 Å². The Kier molecular flexibility index (Phi) is 18.5. The fraction of sp³-hybridized carbons (Fsp3) is 1.00. The van der Waals surface area contributed by atoms with E-state index in [1.165, 1.54) is 51.4 Å². The molecule has 1 unspecified atom stereocenters. The number of nitrogens with zero attached hydrogens (tertiary/aromatic N) is 1. The maximum atomic E-state index is 6.31. The molecule has 2 N–H and O–H groups in total. The molecule has 0 radical (unpaired) electrons. The minimum absolute atomic E-state index is 0. The van der Waals surface area contributed by atoms with Gasteiger partial charge in [-0.2, -0.15) is 0 Å². The lowest BCUT2D eigenvalue weighted by molar-refractivity contribution is -0.251. The summed E-state index contributed by atoms with van der Waals surface area (Å²) in [6, 6.07) is 2.67. The van der Waals surface area contributed by atoms with Gasteiger partial charge in [0.1, 0.15) is 0 Å². The van der Waals surface area contributed by atoms with Gasteiger partial charge in [0.05, 0.1) is 35.1 Å². The number of hydrogen-bond acceptors (Lipinski definition) is 6. The SMILES string of the molecule is C.C.CC(C)(C)NC1C(C)(C)C(OC(C)(C)C)C1(C)C.CC(C)(C)NC1CCC(OC(C)(C)C)CC1.CC(C)(C)OC1C[C@H]2CC[C@@H](C1)N2C(C)(C)C. The van der Waals surface area contributed by atoms with Crippen LogP contribution in [0.2, 0.25) is 0 Å². The summed E-state index contributed by atoms with van der Waals surface area (Å²) in [5.41, 5.74) is 0.982. The van der Waals surface area contributed by atoms with E-state index in [9.17, 15) is 0 Å². The van der Waals surface area contributed by atoms with Crippen LogP contribution in [0.15, 0.2) is 0 Å². The van der Waals surface area contributed by atoms with Crippen molar-refractivity contribution in [1.82, 2.24) is 15.5 Å². The van der Waals surface area contributed by atoms with Gasteiger partial charge < -0.3 is 24.8 Å². The van der Waals surface area contributed by atoms with E-state index in [2.05, 4.69) is 168 Å². The zero-order valence-corrected chi connectivity index (χ0v) is 38.4. The number of piperidine rings is 1. The molecule has 2 heterocycles. The molecule has 0 amide bonds. The van der Waals surface area contributed by atoms with Crippen molar-refractivity contribution >= 4 is 0 Å². The first kappa shape index (κ1) is 52.8. The second-order valence-electron chi connectivity index (χ2n) is 24.0. The maximum absolute atomic E-state index is 6.31. The Labute approximate surface area is 334 Å². The Morgan fingerprint density at radius 2 is 0.830 bits per heavy atom. The summed E-state index contributed by atoms with van der Waals surface area (Å²) >= 11 is 0. The Morgan fingerprint density at radius 1 is 0.472 bits per heavy atom. The van der Waals surface area contributed by atoms with Gasteiger partial charge in [-0.25, -0.2) is 0 Å². The highest BCUT2D eigenvalue weighted by Crippen LogP contribution is 2.57. The van der Waals surface area contributed by atoms with E-state index >= 15 is 0 Å². The molecule has 0 spiro atoms. The van der Waals surface area contributed by atoms with E-state index in [0.717, 1.165) is 12.1 Å². The van der Waals surface area contributed by atoms with Crippen molar-refractivity contribution in [1.29, 1.82) is 0 Å². The molecule has 4 aliphatic rings. The van der Waals surface area contributed by atoms with E-state index in [1.54, 1.807) is 0 Å². The number of nitrogens with one attached hydrogen (secondary N) is 2. The molecule has 3 atom stereocenters. The van der Waals surface area contributed by atoms with Crippen molar-refractivity contribution in [3.8, 4) is 0 Å². The highest BCUT2D eigenvalue weighted by atomic mass is 16.5. The highest BCUT2D eigenvalue weighted by molar-refractivity contribution is 5.16. The third kappa shape index (κ3) is 17.4. The predicted molar refractivity (Wildman–Crippen MR) is 234 cm³/mol. The third-order valence-electron chi connectivity index (χ3n) is 10.7. The molecular formula is C47H99N3O3.